The predicted molar refractivity (Wildman–Crippen MR) is 65.2 cm³/mol. The van der Waals surface area contributed by atoms with Crippen LogP contribution in [-0.2, 0) is 14.8 Å². The van der Waals surface area contributed by atoms with Gasteiger partial charge in [-0.1, -0.05) is 13.8 Å². The first kappa shape index (κ1) is 14.4. The van der Waals surface area contributed by atoms with Gasteiger partial charge in [-0.25, -0.2) is 13.1 Å². The minimum absolute atomic E-state index is 0.127. The van der Waals surface area contributed by atoms with Gasteiger partial charge in [-0.3, -0.25) is 4.79 Å². The van der Waals surface area contributed by atoms with Gasteiger partial charge in [0.25, 0.3) is 0 Å². The second-order valence-electron chi connectivity index (χ2n) is 5.45. The third-order valence-corrected chi connectivity index (χ3v) is 5.04. The molecule has 1 aliphatic rings. The largest absolute Gasteiger partial charge is 0.481 e. The van der Waals surface area contributed by atoms with Gasteiger partial charge < -0.3 is 5.11 Å². The second kappa shape index (κ2) is 5.35. The summed E-state index contributed by atoms with van der Waals surface area (Å²) in [4.78, 5) is 10.5. The summed E-state index contributed by atoms with van der Waals surface area (Å²) in [5.41, 5.74) is -0.148. The molecule has 0 unspecified atom stereocenters. The summed E-state index contributed by atoms with van der Waals surface area (Å²) in [5, 5.41) is 8.41. The summed E-state index contributed by atoms with van der Waals surface area (Å²) < 4.78 is 25.7. The Labute approximate surface area is 103 Å². The highest BCUT2D eigenvalue weighted by atomic mass is 32.2. The molecule has 6 heteroatoms. The number of carbonyl (C=O) groups is 1. The van der Waals surface area contributed by atoms with Crippen molar-refractivity contribution in [3.05, 3.63) is 0 Å². The van der Waals surface area contributed by atoms with Gasteiger partial charge in [0.15, 0.2) is 0 Å². The summed E-state index contributed by atoms with van der Waals surface area (Å²) in [5.74, 6) is -0.809. The molecule has 0 aromatic rings. The van der Waals surface area contributed by atoms with Gasteiger partial charge in [0.1, 0.15) is 0 Å². The zero-order valence-electron chi connectivity index (χ0n) is 10.4. The molecule has 0 aliphatic heterocycles. The van der Waals surface area contributed by atoms with Gasteiger partial charge in [-0.15, -0.1) is 0 Å². The Kier molecular flexibility index (Phi) is 4.55. The van der Waals surface area contributed by atoms with Crippen LogP contribution in [0.5, 0.6) is 0 Å². The molecule has 0 bridgehead atoms. The van der Waals surface area contributed by atoms with Gasteiger partial charge >= 0.3 is 5.97 Å². The number of rotatable bonds is 8. The highest BCUT2D eigenvalue weighted by Gasteiger charge is 2.35. The molecule has 0 spiro atoms. The van der Waals surface area contributed by atoms with E-state index in [4.69, 9.17) is 5.11 Å². The molecule has 0 radical (unpaired) electrons. The number of aliphatic carboxylic acids is 1. The van der Waals surface area contributed by atoms with Crippen LogP contribution in [0.4, 0.5) is 0 Å². The fraction of sp³-hybridized carbons (Fsp3) is 0.909. The van der Waals surface area contributed by atoms with Crippen molar-refractivity contribution in [1.29, 1.82) is 0 Å². The molecule has 0 amide bonds. The van der Waals surface area contributed by atoms with E-state index in [0.717, 1.165) is 12.8 Å². The lowest BCUT2D eigenvalue weighted by atomic mass is 9.84. The Bertz CT molecular complexity index is 371. The second-order valence-corrected chi connectivity index (χ2v) is 7.49. The van der Waals surface area contributed by atoms with Gasteiger partial charge in [0.05, 0.1) is 5.25 Å². The van der Waals surface area contributed by atoms with E-state index in [-0.39, 0.29) is 17.1 Å². The lowest BCUT2D eigenvalue weighted by Gasteiger charge is -2.23. The van der Waals surface area contributed by atoms with Crippen LogP contribution >= 0.6 is 0 Å². The van der Waals surface area contributed by atoms with Crippen LogP contribution in [0.1, 0.15) is 46.0 Å². The van der Waals surface area contributed by atoms with Crippen molar-refractivity contribution in [2.24, 2.45) is 5.41 Å². The van der Waals surface area contributed by atoms with E-state index in [0.29, 0.717) is 19.4 Å². The fourth-order valence-corrected chi connectivity index (χ4v) is 2.98. The lowest BCUT2D eigenvalue weighted by molar-refractivity contribution is -0.137. The van der Waals surface area contributed by atoms with Crippen molar-refractivity contribution >= 4 is 16.0 Å². The Morgan fingerprint density at radius 3 is 2.41 bits per heavy atom. The minimum Gasteiger partial charge on any atom is -0.481 e. The predicted octanol–water partition coefficient (Wildman–Crippen LogP) is 1.35. The summed E-state index contributed by atoms with van der Waals surface area (Å²) in [7, 11) is -3.11. The molecule has 17 heavy (non-hydrogen) atoms. The fourth-order valence-electron chi connectivity index (χ4n) is 1.60. The average Bonchev–Trinajstić information content (AvgIpc) is 2.97. The Balaban J connectivity index is 2.26. The van der Waals surface area contributed by atoms with Crippen LogP contribution in [0.25, 0.3) is 0 Å². The van der Waals surface area contributed by atoms with Crippen molar-refractivity contribution in [3.63, 3.8) is 0 Å². The van der Waals surface area contributed by atoms with Crippen LogP contribution in [0, 0.1) is 5.41 Å². The molecule has 1 rings (SSSR count). The first-order valence-corrected chi connectivity index (χ1v) is 7.48. The number of carboxylic acids is 1. The average molecular weight is 263 g/mol. The maximum atomic E-state index is 11.5. The molecule has 100 valence electrons. The number of nitrogens with one attached hydrogen (secondary N) is 1. The first-order valence-electron chi connectivity index (χ1n) is 5.93. The quantitative estimate of drug-likeness (QED) is 0.692. The summed E-state index contributed by atoms with van der Waals surface area (Å²) >= 11 is 0. The molecular weight excluding hydrogens is 242 g/mol. The topological polar surface area (TPSA) is 83.5 Å². The molecule has 0 heterocycles. The van der Waals surface area contributed by atoms with Crippen molar-refractivity contribution in [2.75, 3.05) is 6.54 Å². The molecule has 0 atom stereocenters. The van der Waals surface area contributed by atoms with Crippen molar-refractivity contribution < 1.29 is 18.3 Å². The van der Waals surface area contributed by atoms with E-state index in [9.17, 15) is 13.2 Å². The standard InChI is InChI=1S/C11H21NO4S/c1-11(2,6-5-10(13)14)7-8-12-17(15,16)9-3-4-9/h9,12H,3-8H2,1-2H3,(H,13,14). The first-order chi connectivity index (χ1) is 7.73. The zero-order valence-corrected chi connectivity index (χ0v) is 11.2. The van der Waals surface area contributed by atoms with Crippen LogP contribution < -0.4 is 4.72 Å². The van der Waals surface area contributed by atoms with Gasteiger partial charge in [0, 0.05) is 13.0 Å². The molecule has 0 aromatic carbocycles. The molecule has 2 N–H and O–H groups in total. The highest BCUT2D eigenvalue weighted by Crippen LogP contribution is 2.29. The zero-order chi connectivity index (χ0) is 13.1. The molecule has 1 fully saturated rings. The molecule has 1 aliphatic carbocycles. The third-order valence-electron chi connectivity index (χ3n) is 3.08. The third kappa shape index (κ3) is 5.50. The van der Waals surface area contributed by atoms with Crippen molar-refractivity contribution in [3.8, 4) is 0 Å². The maximum Gasteiger partial charge on any atom is 0.303 e. The van der Waals surface area contributed by atoms with E-state index in [1.54, 1.807) is 0 Å². The maximum absolute atomic E-state index is 11.5. The summed E-state index contributed by atoms with van der Waals surface area (Å²) in [6, 6.07) is 0. The highest BCUT2D eigenvalue weighted by molar-refractivity contribution is 7.90. The van der Waals surface area contributed by atoms with E-state index < -0.39 is 16.0 Å². The summed E-state index contributed by atoms with van der Waals surface area (Å²) in [6.07, 6.45) is 2.87. The summed E-state index contributed by atoms with van der Waals surface area (Å²) in [6.45, 7) is 4.31. The van der Waals surface area contributed by atoms with Gasteiger partial charge in [-0.2, -0.15) is 0 Å². The normalized spacial score (nSPS) is 17.1. The van der Waals surface area contributed by atoms with Crippen molar-refractivity contribution in [1.82, 2.24) is 4.72 Å². The van der Waals surface area contributed by atoms with Crippen LogP contribution in [-0.4, -0.2) is 31.3 Å². The molecule has 0 saturated heterocycles. The Morgan fingerprint density at radius 2 is 1.94 bits per heavy atom. The van der Waals surface area contributed by atoms with Crippen LogP contribution in [0.15, 0.2) is 0 Å². The van der Waals surface area contributed by atoms with E-state index in [1.807, 2.05) is 13.8 Å². The Hall–Kier alpha value is -0.620. The molecule has 5 nitrogen and oxygen atoms in total. The van der Waals surface area contributed by atoms with Gasteiger partial charge in [-0.05, 0) is 31.1 Å². The number of hydrogen-bond donors (Lipinski definition) is 2. The van der Waals surface area contributed by atoms with Crippen molar-refractivity contribution in [2.45, 2.75) is 51.2 Å². The number of sulfonamides is 1. The molecule has 1 saturated carbocycles. The monoisotopic (exact) mass is 263 g/mol. The molecule has 0 aromatic heterocycles. The van der Waals surface area contributed by atoms with E-state index in [1.165, 1.54) is 0 Å². The van der Waals surface area contributed by atoms with E-state index in [2.05, 4.69) is 4.72 Å². The van der Waals surface area contributed by atoms with Crippen LogP contribution in [0.2, 0.25) is 0 Å². The van der Waals surface area contributed by atoms with Gasteiger partial charge in [0.2, 0.25) is 10.0 Å². The molecular formula is C11H21NO4S. The number of carboxylic acid groups (broad SMARTS) is 1. The van der Waals surface area contributed by atoms with Crippen LogP contribution in [0.3, 0.4) is 0 Å². The van der Waals surface area contributed by atoms with E-state index >= 15 is 0 Å². The number of hydrogen-bond acceptors (Lipinski definition) is 3. The lowest BCUT2D eigenvalue weighted by Crippen LogP contribution is -2.31. The minimum atomic E-state index is -3.11. The smallest absolute Gasteiger partial charge is 0.303 e. The SMILES string of the molecule is CC(C)(CCNS(=O)(=O)C1CC1)CCC(=O)O. The Morgan fingerprint density at radius 1 is 1.35 bits per heavy atom.